The van der Waals surface area contributed by atoms with Crippen molar-refractivity contribution in [1.29, 1.82) is 0 Å². The number of aromatic hydroxyl groups is 1. The lowest BCUT2D eigenvalue weighted by molar-refractivity contribution is 0.0952. The molecule has 4 nitrogen and oxygen atoms in total. The minimum absolute atomic E-state index is 0.00638. The predicted octanol–water partition coefficient (Wildman–Crippen LogP) is 4.49. The van der Waals surface area contributed by atoms with Crippen molar-refractivity contribution in [3.63, 3.8) is 0 Å². The summed E-state index contributed by atoms with van der Waals surface area (Å²) in [6.07, 6.45) is 0.851. The number of fused-ring (bicyclic) bond motifs is 1. The third-order valence-corrected chi connectivity index (χ3v) is 4.42. The fourth-order valence-electron chi connectivity index (χ4n) is 2.39. The summed E-state index contributed by atoms with van der Waals surface area (Å²) >= 11 is 1.32. The molecule has 2 aromatic carbocycles. The summed E-state index contributed by atoms with van der Waals surface area (Å²) in [5.41, 5.74) is 1.19. The maximum Gasteiger partial charge on any atom is 0.258 e. The highest BCUT2D eigenvalue weighted by Crippen LogP contribution is 2.35. The van der Waals surface area contributed by atoms with Crippen LogP contribution in [-0.4, -0.2) is 17.6 Å². The van der Waals surface area contributed by atoms with E-state index in [4.69, 9.17) is 0 Å². The van der Waals surface area contributed by atoms with Crippen molar-refractivity contribution >= 4 is 38.7 Å². The average Bonchev–Trinajstić information content (AvgIpc) is 2.93. The second-order valence-corrected chi connectivity index (χ2v) is 6.15. The zero-order valence-corrected chi connectivity index (χ0v) is 13.6. The number of nitrogens with one attached hydrogen (secondary N) is 2. The molecule has 0 aliphatic rings. The molecule has 0 radical (unpaired) electrons. The Bertz CT molecular complexity index is 842. The first-order valence-corrected chi connectivity index (χ1v) is 8.41. The van der Waals surface area contributed by atoms with Crippen molar-refractivity contribution < 1.29 is 9.90 Å². The minimum Gasteiger partial charge on any atom is -0.506 e. The van der Waals surface area contributed by atoms with Crippen LogP contribution in [0.4, 0.5) is 10.7 Å². The predicted molar refractivity (Wildman–Crippen MR) is 95.8 cm³/mol. The first-order chi connectivity index (χ1) is 11.2. The van der Waals surface area contributed by atoms with Crippen LogP contribution < -0.4 is 10.6 Å². The summed E-state index contributed by atoms with van der Waals surface area (Å²) in [5.74, 6) is -0.249. The first-order valence-electron chi connectivity index (χ1n) is 7.53. The second-order valence-electron chi connectivity index (χ2n) is 5.27. The quantitative estimate of drug-likeness (QED) is 0.647. The lowest BCUT2D eigenvalue weighted by atomic mass is 10.1. The van der Waals surface area contributed by atoms with Crippen molar-refractivity contribution in [3.8, 4) is 5.75 Å². The normalized spacial score (nSPS) is 10.7. The number of carbonyl (C=O) groups excluding carboxylic acids is 1. The fourth-order valence-corrected chi connectivity index (χ4v) is 3.22. The number of amides is 1. The van der Waals surface area contributed by atoms with E-state index in [1.165, 1.54) is 11.3 Å². The van der Waals surface area contributed by atoms with Crippen LogP contribution in [0.15, 0.2) is 47.8 Å². The number of hydrogen-bond donors (Lipinski definition) is 3. The molecule has 118 valence electrons. The van der Waals surface area contributed by atoms with E-state index in [1.807, 2.05) is 43.3 Å². The molecule has 0 fully saturated rings. The summed E-state index contributed by atoms with van der Waals surface area (Å²) < 4.78 is 0. The molecular formula is C18H18N2O2S. The van der Waals surface area contributed by atoms with E-state index in [9.17, 15) is 9.90 Å². The van der Waals surface area contributed by atoms with E-state index in [1.54, 1.807) is 5.38 Å². The van der Waals surface area contributed by atoms with Crippen molar-refractivity contribution in [2.45, 2.75) is 13.3 Å². The Morgan fingerprint density at radius 3 is 2.74 bits per heavy atom. The monoisotopic (exact) mass is 326 g/mol. The zero-order valence-electron chi connectivity index (χ0n) is 12.8. The Balaban J connectivity index is 1.88. The molecule has 3 aromatic rings. The van der Waals surface area contributed by atoms with E-state index in [0.29, 0.717) is 17.1 Å². The molecule has 0 saturated carbocycles. The van der Waals surface area contributed by atoms with E-state index in [0.717, 1.165) is 22.9 Å². The van der Waals surface area contributed by atoms with Gasteiger partial charge in [-0.05, 0) is 29.3 Å². The number of hydrogen-bond acceptors (Lipinski definition) is 4. The molecule has 0 aliphatic heterocycles. The van der Waals surface area contributed by atoms with Crippen molar-refractivity contribution in [2.24, 2.45) is 0 Å². The maximum atomic E-state index is 12.2. The van der Waals surface area contributed by atoms with Gasteiger partial charge in [-0.1, -0.05) is 37.3 Å². The van der Waals surface area contributed by atoms with E-state index in [2.05, 4.69) is 16.7 Å². The Kier molecular flexibility index (Phi) is 4.48. The lowest BCUT2D eigenvalue weighted by Crippen LogP contribution is -2.24. The molecule has 3 rings (SSSR count). The Morgan fingerprint density at radius 1 is 1.17 bits per heavy atom. The van der Waals surface area contributed by atoms with Gasteiger partial charge in [0.2, 0.25) is 0 Å². The highest BCUT2D eigenvalue weighted by atomic mass is 32.1. The maximum absolute atomic E-state index is 12.2. The van der Waals surface area contributed by atoms with Gasteiger partial charge < -0.3 is 15.7 Å². The van der Waals surface area contributed by atoms with Gasteiger partial charge in [-0.2, -0.15) is 0 Å². The molecule has 23 heavy (non-hydrogen) atoms. The van der Waals surface area contributed by atoms with Crippen LogP contribution >= 0.6 is 11.3 Å². The molecule has 0 unspecified atom stereocenters. The molecule has 1 aromatic heterocycles. The van der Waals surface area contributed by atoms with Gasteiger partial charge in [0.1, 0.15) is 16.3 Å². The molecule has 5 heteroatoms. The van der Waals surface area contributed by atoms with Gasteiger partial charge in [0.15, 0.2) is 0 Å². The van der Waals surface area contributed by atoms with Crippen LogP contribution in [0.5, 0.6) is 5.75 Å². The van der Waals surface area contributed by atoms with Gasteiger partial charge in [0.25, 0.3) is 5.91 Å². The van der Waals surface area contributed by atoms with Crippen molar-refractivity contribution in [1.82, 2.24) is 5.32 Å². The first kappa shape index (κ1) is 15.4. The van der Waals surface area contributed by atoms with Crippen molar-refractivity contribution in [2.75, 3.05) is 11.9 Å². The Morgan fingerprint density at radius 2 is 1.96 bits per heavy atom. The van der Waals surface area contributed by atoms with E-state index < -0.39 is 0 Å². The van der Waals surface area contributed by atoms with Crippen LogP contribution in [-0.2, 0) is 0 Å². The highest BCUT2D eigenvalue weighted by molar-refractivity contribution is 7.15. The largest absolute Gasteiger partial charge is 0.506 e. The zero-order chi connectivity index (χ0) is 16.2. The minimum atomic E-state index is -0.256. The third-order valence-electron chi connectivity index (χ3n) is 3.54. The Labute approximate surface area is 138 Å². The van der Waals surface area contributed by atoms with Crippen LogP contribution in [0.3, 0.4) is 0 Å². The second kappa shape index (κ2) is 6.71. The summed E-state index contributed by atoms with van der Waals surface area (Å²) in [6.45, 7) is 2.57. The number of rotatable bonds is 5. The summed E-state index contributed by atoms with van der Waals surface area (Å²) in [7, 11) is 0. The number of anilines is 2. The Hall–Kier alpha value is -2.53. The molecule has 0 atom stereocenters. The van der Waals surface area contributed by atoms with Crippen molar-refractivity contribution in [3.05, 3.63) is 53.4 Å². The van der Waals surface area contributed by atoms with E-state index >= 15 is 0 Å². The van der Waals surface area contributed by atoms with Gasteiger partial charge in [-0.25, -0.2) is 0 Å². The van der Waals surface area contributed by atoms with Crippen LogP contribution in [0, 0.1) is 0 Å². The molecule has 0 aliphatic carbocycles. The van der Waals surface area contributed by atoms with Gasteiger partial charge in [0, 0.05) is 17.6 Å². The van der Waals surface area contributed by atoms with E-state index in [-0.39, 0.29) is 11.7 Å². The molecule has 0 saturated heterocycles. The summed E-state index contributed by atoms with van der Waals surface area (Å²) in [4.78, 5) is 12.2. The molecule has 3 N–H and O–H groups in total. The lowest BCUT2D eigenvalue weighted by Gasteiger charge is -2.09. The third kappa shape index (κ3) is 3.29. The molecule has 1 heterocycles. The molecule has 0 spiro atoms. The SMILES string of the molecule is CCCNC(=O)c1c(O)csc1Nc1ccc2ccccc2c1. The summed E-state index contributed by atoms with van der Waals surface area (Å²) in [5, 5.41) is 20.5. The highest BCUT2D eigenvalue weighted by Gasteiger charge is 2.18. The van der Waals surface area contributed by atoms with Gasteiger partial charge in [0.05, 0.1) is 0 Å². The topological polar surface area (TPSA) is 61.4 Å². The van der Waals surface area contributed by atoms with Crippen LogP contribution in [0.1, 0.15) is 23.7 Å². The standard InChI is InChI=1S/C18H18N2O2S/c1-2-9-19-17(22)16-15(21)11-23-18(16)20-14-8-7-12-5-3-4-6-13(12)10-14/h3-8,10-11,20-21H,2,9H2,1H3,(H,19,22). The molecule has 1 amide bonds. The number of thiophene rings is 1. The fraction of sp³-hybridized carbons (Fsp3) is 0.167. The van der Waals surface area contributed by atoms with Gasteiger partial charge in [-0.15, -0.1) is 11.3 Å². The van der Waals surface area contributed by atoms with Crippen LogP contribution in [0.2, 0.25) is 0 Å². The van der Waals surface area contributed by atoms with Gasteiger partial charge in [-0.3, -0.25) is 4.79 Å². The smallest absolute Gasteiger partial charge is 0.258 e. The average molecular weight is 326 g/mol. The number of carbonyl (C=O) groups is 1. The van der Waals surface area contributed by atoms with Gasteiger partial charge >= 0.3 is 0 Å². The summed E-state index contributed by atoms with van der Waals surface area (Å²) in [6, 6.07) is 14.1. The number of benzene rings is 2. The molecular weight excluding hydrogens is 308 g/mol. The molecule has 0 bridgehead atoms. The van der Waals surface area contributed by atoms with Crippen LogP contribution in [0.25, 0.3) is 10.8 Å².